The number of halogens is 1. The summed E-state index contributed by atoms with van der Waals surface area (Å²) in [6, 6.07) is 6.79. The molecule has 3 N–H and O–H groups in total. The second-order valence-corrected chi connectivity index (χ2v) is 6.70. The average molecular weight is 311 g/mol. The Bertz CT molecular complexity index is 523. The Morgan fingerprint density at radius 2 is 2.00 bits per heavy atom. The molecular formula is C15H19ClN2OS. The smallest absolute Gasteiger partial charge is 0.104 e. The first kappa shape index (κ1) is 14.3. The van der Waals surface area contributed by atoms with Crippen molar-refractivity contribution in [2.45, 2.75) is 50.4 Å². The minimum absolute atomic E-state index is 0.129. The lowest BCUT2D eigenvalue weighted by molar-refractivity contribution is 0.0310. The maximum atomic E-state index is 9.84. The summed E-state index contributed by atoms with van der Waals surface area (Å²) >= 11 is 11.3. The van der Waals surface area contributed by atoms with Crippen LogP contribution in [0.1, 0.15) is 36.8 Å². The fraction of sp³-hybridized carbons (Fsp3) is 0.533. The van der Waals surface area contributed by atoms with E-state index in [1.54, 1.807) is 0 Å². The van der Waals surface area contributed by atoms with Crippen LogP contribution in [0.2, 0.25) is 5.02 Å². The van der Waals surface area contributed by atoms with Gasteiger partial charge < -0.3 is 10.8 Å². The predicted molar refractivity (Wildman–Crippen MR) is 84.9 cm³/mol. The van der Waals surface area contributed by atoms with Gasteiger partial charge in [-0.1, -0.05) is 36.0 Å². The lowest BCUT2D eigenvalue weighted by Crippen LogP contribution is -2.44. The van der Waals surface area contributed by atoms with Gasteiger partial charge in [-0.25, -0.2) is 0 Å². The standard InChI is InChI=1S/C15H19ClN2OS/c16-14-5-9(15(17)20)1-2-10(14)8-18-11-3-4-12(18)7-13(19)6-11/h1-2,5,11-13,19H,3-4,6-8H2,(H2,17,20). The van der Waals surface area contributed by atoms with E-state index in [0.717, 1.165) is 35.5 Å². The quantitative estimate of drug-likeness (QED) is 0.842. The molecule has 0 aromatic heterocycles. The number of thiocarbonyl (C=S) groups is 1. The number of hydrogen-bond donors (Lipinski definition) is 2. The van der Waals surface area contributed by atoms with Crippen LogP contribution < -0.4 is 5.73 Å². The molecule has 108 valence electrons. The van der Waals surface area contributed by atoms with E-state index in [2.05, 4.69) is 4.90 Å². The molecule has 3 nitrogen and oxygen atoms in total. The largest absolute Gasteiger partial charge is 0.393 e. The number of piperidine rings is 1. The van der Waals surface area contributed by atoms with Crippen LogP contribution in [-0.2, 0) is 6.54 Å². The van der Waals surface area contributed by atoms with Crippen molar-refractivity contribution >= 4 is 28.8 Å². The molecule has 3 rings (SSSR count). The molecule has 2 heterocycles. The molecule has 2 fully saturated rings. The Labute approximate surface area is 129 Å². The Balaban J connectivity index is 1.77. The van der Waals surface area contributed by atoms with Crippen molar-refractivity contribution in [2.24, 2.45) is 5.73 Å². The molecule has 2 bridgehead atoms. The number of fused-ring (bicyclic) bond motifs is 2. The molecule has 2 unspecified atom stereocenters. The van der Waals surface area contributed by atoms with Crippen LogP contribution >= 0.6 is 23.8 Å². The SMILES string of the molecule is NC(=S)c1ccc(CN2C3CCC2CC(O)C3)c(Cl)c1. The molecular weight excluding hydrogens is 292 g/mol. The molecule has 20 heavy (non-hydrogen) atoms. The molecule has 1 aromatic rings. The van der Waals surface area contributed by atoms with E-state index >= 15 is 0 Å². The van der Waals surface area contributed by atoms with Gasteiger partial charge in [-0.15, -0.1) is 0 Å². The number of hydrogen-bond acceptors (Lipinski definition) is 3. The van der Waals surface area contributed by atoms with Crippen molar-refractivity contribution in [1.82, 2.24) is 4.90 Å². The summed E-state index contributed by atoms with van der Waals surface area (Å²) in [4.78, 5) is 2.87. The average Bonchev–Trinajstić information content (AvgIpc) is 2.63. The van der Waals surface area contributed by atoms with Gasteiger partial charge in [-0.05, 0) is 37.3 Å². The van der Waals surface area contributed by atoms with E-state index in [0.29, 0.717) is 17.1 Å². The summed E-state index contributed by atoms with van der Waals surface area (Å²) in [7, 11) is 0. The van der Waals surface area contributed by atoms with Gasteiger partial charge in [-0.3, -0.25) is 4.90 Å². The molecule has 0 spiro atoms. The number of nitrogens with zero attached hydrogens (tertiary/aromatic N) is 1. The molecule has 2 aliphatic rings. The van der Waals surface area contributed by atoms with Crippen LogP contribution in [0.3, 0.4) is 0 Å². The topological polar surface area (TPSA) is 49.5 Å². The van der Waals surface area contributed by atoms with E-state index < -0.39 is 0 Å². The second-order valence-electron chi connectivity index (χ2n) is 5.85. The van der Waals surface area contributed by atoms with E-state index in [-0.39, 0.29) is 6.10 Å². The first-order valence-corrected chi connectivity index (χ1v) is 7.85. The van der Waals surface area contributed by atoms with Gasteiger partial charge in [-0.2, -0.15) is 0 Å². The van der Waals surface area contributed by atoms with Crippen molar-refractivity contribution in [2.75, 3.05) is 0 Å². The molecule has 2 aliphatic heterocycles. The number of rotatable bonds is 3. The van der Waals surface area contributed by atoms with E-state index in [1.165, 1.54) is 12.8 Å². The van der Waals surface area contributed by atoms with Crippen LogP contribution in [-0.4, -0.2) is 33.2 Å². The Morgan fingerprint density at radius 3 is 2.55 bits per heavy atom. The monoisotopic (exact) mass is 310 g/mol. The fourth-order valence-corrected chi connectivity index (χ4v) is 3.90. The van der Waals surface area contributed by atoms with Gasteiger partial charge in [0.25, 0.3) is 0 Å². The first-order chi connectivity index (χ1) is 9.54. The summed E-state index contributed by atoms with van der Waals surface area (Å²) in [6.45, 7) is 0.846. The maximum Gasteiger partial charge on any atom is 0.104 e. The van der Waals surface area contributed by atoms with Gasteiger partial charge in [0, 0.05) is 29.2 Å². The summed E-state index contributed by atoms with van der Waals surface area (Å²) in [5.41, 5.74) is 7.54. The van der Waals surface area contributed by atoms with E-state index in [4.69, 9.17) is 29.6 Å². The Kier molecular flexibility index (Phi) is 4.00. The molecule has 2 atom stereocenters. The highest BCUT2D eigenvalue weighted by atomic mass is 35.5. The highest BCUT2D eigenvalue weighted by molar-refractivity contribution is 7.80. The van der Waals surface area contributed by atoms with Crippen LogP contribution in [0, 0.1) is 0 Å². The summed E-state index contributed by atoms with van der Waals surface area (Å²) in [5.74, 6) is 0. The van der Waals surface area contributed by atoms with Crippen molar-refractivity contribution in [3.05, 3.63) is 34.3 Å². The lowest BCUT2D eigenvalue weighted by Gasteiger charge is -2.37. The normalized spacial score (nSPS) is 29.6. The zero-order valence-corrected chi connectivity index (χ0v) is 12.8. The van der Waals surface area contributed by atoms with Crippen molar-refractivity contribution in [3.8, 4) is 0 Å². The molecule has 1 aromatic carbocycles. The number of nitrogens with two attached hydrogens (primary N) is 1. The third-order valence-electron chi connectivity index (χ3n) is 4.55. The van der Waals surface area contributed by atoms with Crippen LogP contribution in [0.15, 0.2) is 18.2 Å². The summed E-state index contributed by atoms with van der Waals surface area (Å²) in [5, 5.41) is 10.6. The minimum atomic E-state index is -0.129. The molecule has 5 heteroatoms. The van der Waals surface area contributed by atoms with Gasteiger partial charge in [0.1, 0.15) is 4.99 Å². The van der Waals surface area contributed by atoms with Crippen molar-refractivity contribution in [1.29, 1.82) is 0 Å². The number of aliphatic hydroxyl groups is 1. The summed E-state index contributed by atoms with van der Waals surface area (Å²) < 4.78 is 0. The highest BCUT2D eigenvalue weighted by Crippen LogP contribution is 2.37. The highest BCUT2D eigenvalue weighted by Gasteiger charge is 2.40. The van der Waals surface area contributed by atoms with Crippen molar-refractivity contribution in [3.63, 3.8) is 0 Å². The lowest BCUT2D eigenvalue weighted by atomic mass is 9.99. The second kappa shape index (κ2) is 5.60. The molecule has 0 amide bonds. The number of aliphatic hydroxyl groups excluding tert-OH is 1. The summed E-state index contributed by atoms with van der Waals surface area (Å²) in [6.07, 6.45) is 4.02. The first-order valence-electron chi connectivity index (χ1n) is 7.06. The third kappa shape index (κ3) is 2.70. The van der Waals surface area contributed by atoms with Crippen LogP contribution in [0.4, 0.5) is 0 Å². The molecule has 0 saturated carbocycles. The van der Waals surface area contributed by atoms with Crippen molar-refractivity contribution < 1.29 is 5.11 Å². The number of benzene rings is 1. The zero-order chi connectivity index (χ0) is 14.3. The van der Waals surface area contributed by atoms with Gasteiger partial charge in [0.2, 0.25) is 0 Å². The Morgan fingerprint density at radius 1 is 1.35 bits per heavy atom. The van der Waals surface area contributed by atoms with E-state index in [9.17, 15) is 5.11 Å². The van der Waals surface area contributed by atoms with Crippen LogP contribution in [0.5, 0.6) is 0 Å². The minimum Gasteiger partial charge on any atom is -0.393 e. The fourth-order valence-electron chi connectivity index (χ4n) is 3.53. The zero-order valence-electron chi connectivity index (χ0n) is 11.3. The van der Waals surface area contributed by atoms with Gasteiger partial charge >= 0.3 is 0 Å². The maximum absolute atomic E-state index is 9.84. The van der Waals surface area contributed by atoms with Gasteiger partial charge in [0.05, 0.1) is 6.10 Å². The van der Waals surface area contributed by atoms with Gasteiger partial charge in [0.15, 0.2) is 0 Å². The predicted octanol–water partition coefficient (Wildman–Crippen LogP) is 2.46. The molecule has 2 saturated heterocycles. The Hall–Kier alpha value is -0.680. The van der Waals surface area contributed by atoms with E-state index in [1.807, 2.05) is 18.2 Å². The van der Waals surface area contributed by atoms with Crippen LogP contribution in [0.25, 0.3) is 0 Å². The third-order valence-corrected chi connectivity index (χ3v) is 5.14. The molecule has 0 aliphatic carbocycles. The molecule has 0 radical (unpaired) electrons.